The average molecular weight is 312 g/mol. The first-order valence-corrected chi connectivity index (χ1v) is 13.1. The minimum atomic E-state index is -0.999. The van der Waals surface area contributed by atoms with E-state index in [0.29, 0.717) is 5.92 Å². The van der Waals surface area contributed by atoms with Crippen LogP contribution in [0.3, 0.4) is 0 Å². The van der Waals surface area contributed by atoms with Gasteiger partial charge in [0.05, 0.1) is 7.74 Å². The SMILES string of the molecule is Cc1ccccc1C(C=CP[Si](C)(C)C)c1ccccc1. The maximum atomic E-state index is 2.43. The van der Waals surface area contributed by atoms with Crippen LogP contribution in [-0.2, 0) is 0 Å². The molecule has 2 aromatic carbocycles. The molecule has 0 aliphatic heterocycles. The molecule has 0 amide bonds. The van der Waals surface area contributed by atoms with Crippen LogP contribution in [0.5, 0.6) is 0 Å². The average Bonchev–Trinajstić information content (AvgIpc) is 2.45. The minimum absolute atomic E-state index is 0.372. The number of hydrogen-bond donors (Lipinski definition) is 0. The van der Waals surface area contributed by atoms with Gasteiger partial charge in [-0.1, -0.05) is 86.1 Å². The zero-order chi connectivity index (χ0) is 15.3. The van der Waals surface area contributed by atoms with Crippen molar-refractivity contribution in [1.29, 1.82) is 0 Å². The highest BCUT2D eigenvalue weighted by atomic mass is 31.3. The molecule has 2 heteroatoms. The molecule has 0 radical (unpaired) electrons. The van der Waals surface area contributed by atoms with Gasteiger partial charge in [-0.3, -0.25) is 0 Å². The minimum Gasteiger partial charge on any atom is -0.111 e. The summed E-state index contributed by atoms with van der Waals surface area (Å²) in [4.78, 5) is 0. The van der Waals surface area contributed by atoms with Gasteiger partial charge in [0.1, 0.15) is 0 Å². The van der Waals surface area contributed by atoms with Crippen LogP contribution in [0.1, 0.15) is 22.6 Å². The van der Waals surface area contributed by atoms with Crippen molar-refractivity contribution in [3.8, 4) is 0 Å². The molecule has 2 atom stereocenters. The highest BCUT2D eigenvalue weighted by Gasteiger charge is 2.14. The summed E-state index contributed by atoms with van der Waals surface area (Å²) in [5, 5.41) is 0. The van der Waals surface area contributed by atoms with Gasteiger partial charge in [-0.15, -0.1) is 8.13 Å². The van der Waals surface area contributed by atoms with E-state index in [4.69, 9.17) is 0 Å². The van der Waals surface area contributed by atoms with Crippen LogP contribution in [0.25, 0.3) is 0 Å². The Morgan fingerprint density at radius 1 is 0.905 bits per heavy atom. The second-order valence-corrected chi connectivity index (χ2v) is 17.0. The van der Waals surface area contributed by atoms with E-state index in [9.17, 15) is 0 Å². The summed E-state index contributed by atoms with van der Waals surface area (Å²) in [7, 11) is -0.0193. The lowest BCUT2D eigenvalue weighted by molar-refractivity contribution is 1.01. The van der Waals surface area contributed by atoms with Gasteiger partial charge in [0, 0.05) is 5.92 Å². The van der Waals surface area contributed by atoms with Gasteiger partial charge in [-0.25, -0.2) is 0 Å². The van der Waals surface area contributed by atoms with Crippen LogP contribution >= 0.6 is 8.13 Å². The molecular formula is C19H25PSi. The molecule has 21 heavy (non-hydrogen) atoms. The summed E-state index contributed by atoms with van der Waals surface area (Å²) >= 11 is 0. The van der Waals surface area contributed by atoms with E-state index in [1.54, 1.807) is 0 Å². The molecule has 0 aliphatic rings. The third-order valence-electron chi connectivity index (χ3n) is 3.49. The molecule has 2 unspecified atom stereocenters. The van der Waals surface area contributed by atoms with Crippen LogP contribution in [-0.4, -0.2) is 7.74 Å². The molecule has 0 saturated carbocycles. The summed E-state index contributed by atoms with van der Waals surface area (Å²) in [6, 6.07) is 19.6. The molecule has 0 saturated heterocycles. The maximum absolute atomic E-state index is 2.43. The van der Waals surface area contributed by atoms with Gasteiger partial charge < -0.3 is 0 Å². The Bertz CT molecular complexity index is 596. The predicted octanol–water partition coefficient (Wildman–Crippen LogP) is 6.15. The Labute approximate surface area is 132 Å². The van der Waals surface area contributed by atoms with Crippen molar-refractivity contribution in [3.63, 3.8) is 0 Å². The second kappa shape index (κ2) is 7.20. The van der Waals surface area contributed by atoms with Crippen molar-refractivity contribution >= 4 is 15.9 Å². The number of aryl methyl sites for hydroxylation is 1. The fourth-order valence-corrected chi connectivity index (χ4v) is 4.96. The van der Waals surface area contributed by atoms with Crippen molar-refractivity contribution in [2.75, 3.05) is 0 Å². The zero-order valence-electron chi connectivity index (χ0n) is 13.4. The summed E-state index contributed by atoms with van der Waals surface area (Å²) < 4.78 is 0. The highest BCUT2D eigenvalue weighted by Crippen LogP contribution is 2.33. The maximum Gasteiger partial charge on any atom is 0.0729 e. The molecule has 0 bridgehead atoms. The number of hydrogen-bond acceptors (Lipinski definition) is 0. The van der Waals surface area contributed by atoms with E-state index in [1.807, 2.05) is 0 Å². The van der Waals surface area contributed by atoms with Crippen molar-refractivity contribution in [2.24, 2.45) is 0 Å². The van der Waals surface area contributed by atoms with E-state index in [-0.39, 0.29) is 0 Å². The Morgan fingerprint density at radius 2 is 1.52 bits per heavy atom. The van der Waals surface area contributed by atoms with Crippen LogP contribution < -0.4 is 0 Å². The third-order valence-corrected chi connectivity index (χ3v) is 7.81. The summed E-state index contributed by atoms with van der Waals surface area (Å²) in [5.74, 6) is 2.80. The largest absolute Gasteiger partial charge is 0.111 e. The van der Waals surface area contributed by atoms with E-state index in [0.717, 1.165) is 8.13 Å². The first-order valence-electron chi connectivity index (χ1n) is 7.52. The Morgan fingerprint density at radius 3 is 2.14 bits per heavy atom. The topological polar surface area (TPSA) is 0 Å². The van der Waals surface area contributed by atoms with E-state index < -0.39 is 7.74 Å². The van der Waals surface area contributed by atoms with Gasteiger partial charge in [0.25, 0.3) is 0 Å². The molecule has 0 aliphatic carbocycles. The van der Waals surface area contributed by atoms with Crippen LogP contribution in [0.2, 0.25) is 19.6 Å². The molecule has 0 N–H and O–H groups in total. The lowest BCUT2D eigenvalue weighted by Gasteiger charge is -2.18. The van der Waals surface area contributed by atoms with E-state index in [1.165, 1.54) is 16.7 Å². The molecule has 2 aromatic rings. The van der Waals surface area contributed by atoms with Crippen molar-refractivity contribution < 1.29 is 0 Å². The molecule has 110 valence electrons. The lowest BCUT2D eigenvalue weighted by Crippen LogP contribution is -2.10. The molecule has 0 heterocycles. The van der Waals surface area contributed by atoms with Crippen molar-refractivity contribution in [1.82, 2.24) is 0 Å². The van der Waals surface area contributed by atoms with E-state index in [2.05, 4.69) is 93.1 Å². The van der Waals surface area contributed by atoms with Gasteiger partial charge in [0.2, 0.25) is 0 Å². The van der Waals surface area contributed by atoms with Crippen molar-refractivity contribution in [3.05, 3.63) is 83.2 Å². The molecule has 2 rings (SSSR count). The van der Waals surface area contributed by atoms with Gasteiger partial charge in [0.15, 0.2) is 0 Å². The smallest absolute Gasteiger partial charge is 0.0729 e. The highest BCUT2D eigenvalue weighted by molar-refractivity contribution is 7.83. The molecule has 0 aromatic heterocycles. The summed E-state index contributed by atoms with van der Waals surface area (Å²) in [6.45, 7) is 9.50. The zero-order valence-corrected chi connectivity index (χ0v) is 15.4. The fourth-order valence-electron chi connectivity index (χ4n) is 2.38. The monoisotopic (exact) mass is 312 g/mol. The Balaban J connectivity index is 2.34. The van der Waals surface area contributed by atoms with Gasteiger partial charge in [-0.05, 0) is 23.6 Å². The quantitative estimate of drug-likeness (QED) is 0.458. The number of rotatable bonds is 5. The molecule has 0 fully saturated rings. The number of allylic oxidation sites excluding steroid dienone is 1. The Hall–Kier alpha value is -1.17. The fraction of sp³-hybridized carbons (Fsp3) is 0.263. The lowest BCUT2D eigenvalue weighted by atomic mass is 9.89. The van der Waals surface area contributed by atoms with E-state index >= 15 is 0 Å². The first kappa shape index (κ1) is 16.2. The molecule has 0 spiro atoms. The standard InChI is InChI=1S/C19H25PSi/c1-16-10-8-9-13-18(16)19(14-15-20-21(2,3)4)17-11-6-5-7-12-17/h5-15,19-20H,1-4H3. The predicted molar refractivity (Wildman–Crippen MR) is 100 cm³/mol. The van der Waals surface area contributed by atoms with Gasteiger partial charge >= 0.3 is 0 Å². The third kappa shape index (κ3) is 4.95. The molecular weight excluding hydrogens is 287 g/mol. The summed E-state index contributed by atoms with van der Waals surface area (Å²) in [6.07, 6.45) is 2.41. The van der Waals surface area contributed by atoms with Crippen LogP contribution in [0.15, 0.2) is 66.5 Å². The number of benzene rings is 2. The van der Waals surface area contributed by atoms with Crippen LogP contribution in [0.4, 0.5) is 0 Å². The van der Waals surface area contributed by atoms with Crippen molar-refractivity contribution in [2.45, 2.75) is 32.5 Å². The normalized spacial score (nSPS) is 14.1. The second-order valence-electron chi connectivity index (χ2n) is 6.50. The molecule has 0 nitrogen and oxygen atoms in total. The van der Waals surface area contributed by atoms with Gasteiger partial charge in [-0.2, -0.15) is 0 Å². The van der Waals surface area contributed by atoms with Crippen LogP contribution in [0, 0.1) is 6.92 Å². The Kier molecular flexibility index (Phi) is 5.55. The summed E-state index contributed by atoms with van der Waals surface area (Å²) in [5.41, 5.74) is 4.16. The first-order chi connectivity index (χ1) is 9.97.